The minimum atomic E-state index is -2.87. The van der Waals surface area contributed by atoms with E-state index in [4.69, 9.17) is 0 Å². The molecule has 0 saturated heterocycles. The largest absolute Gasteiger partial charge is 0.435 e. The average molecular weight is 281 g/mol. The van der Waals surface area contributed by atoms with E-state index < -0.39 is 12.0 Å². The third kappa shape index (κ3) is 1.21. The summed E-state index contributed by atoms with van der Waals surface area (Å²) in [5, 5.41) is 2.86. The van der Waals surface area contributed by atoms with Crippen molar-refractivity contribution in [3.8, 4) is 5.75 Å². The normalized spacial score (nSPS) is 23.6. The van der Waals surface area contributed by atoms with Crippen LogP contribution in [-0.2, 0) is 10.2 Å². The quantitative estimate of drug-likeness (QED) is 0.900. The number of carbonyl (C=O) groups excluding carboxylic acids is 1. The van der Waals surface area contributed by atoms with Crippen LogP contribution in [0, 0.1) is 10.8 Å². The summed E-state index contributed by atoms with van der Waals surface area (Å²) in [5.74, 6) is 0.0322. The average Bonchev–Trinajstić information content (AvgIpc) is 2.58. The first-order valence-corrected chi connectivity index (χ1v) is 6.57. The fraction of sp³-hybridized carbons (Fsp3) is 0.533. The Labute approximate surface area is 116 Å². The second-order valence-corrected chi connectivity index (χ2v) is 6.54. The number of nitrogens with one attached hydrogen (secondary N) is 1. The molecule has 1 saturated carbocycles. The van der Waals surface area contributed by atoms with Gasteiger partial charge in [0.15, 0.2) is 0 Å². The minimum Gasteiger partial charge on any atom is -0.435 e. The van der Waals surface area contributed by atoms with Crippen molar-refractivity contribution in [1.29, 1.82) is 0 Å². The number of benzene rings is 1. The first-order valence-electron chi connectivity index (χ1n) is 6.57. The van der Waals surface area contributed by atoms with Gasteiger partial charge in [0.25, 0.3) is 0 Å². The second kappa shape index (κ2) is 3.51. The second-order valence-electron chi connectivity index (χ2n) is 6.54. The van der Waals surface area contributed by atoms with Gasteiger partial charge in [-0.05, 0) is 34.6 Å². The Hall–Kier alpha value is -1.65. The Balaban J connectivity index is 2.14. The number of ether oxygens (including phenoxy) is 1. The van der Waals surface area contributed by atoms with E-state index in [1.165, 1.54) is 6.07 Å². The number of rotatable bonds is 2. The molecule has 1 spiro atoms. The van der Waals surface area contributed by atoms with Crippen LogP contribution in [0.1, 0.15) is 33.3 Å². The molecule has 2 aliphatic rings. The molecule has 1 aliphatic heterocycles. The van der Waals surface area contributed by atoms with E-state index in [0.717, 1.165) is 5.56 Å². The first kappa shape index (κ1) is 13.3. The summed E-state index contributed by atoms with van der Waals surface area (Å²) in [6, 6.07) is 4.65. The van der Waals surface area contributed by atoms with E-state index >= 15 is 0 Å². The molecule has 1 aliphatic carbocycles. The number of hydrogen-bond acceptors (Lipinski definition) is 2. The zero-order valence-corrected chi connectivity index (χ0v) is 11.9. The molecular formula is C15H17F2NO2. The van der Waals surface area contributed by atoms with Crippen LogP contribution in [0.5, 0.6) is 5.75 Å². The van der Waals surface area contributed by atoms with Gasteiger partial charge < -0.3 is 10.1 Å². The molecule has 20 heavy (non-hydrogen) atoms. The van der Waals surface area contributed by atoms with Crippen LogP contribution in [0.3, 0.4) is 0 Å². The van der Waals surface area contributed by atoms with Gasteiger partial charge in [-0.15, -0.1) is 0 Å². The monoisotopic (exact) mass is 281 g/mol. The van der Waals surface area contributed by atoms with Crippen LogP contribution in [-0.4, -0.2) is 12.5 Å². The molecule has 1 aromatic rings. The Kier molecular flexibility index (Phi) is 2.34. The number of halogens is 2. The molecule has 108 valence electrons. The standard InChI is InChI=1S/C15H17F2NO2/c1-13(2)14(3,4)15(13)9-7-8(20-12(16)17)5-6-10(9)18-11(15)19/h5-7,12H,1-4H3,(H,18,19). The van der Waals surface area contributed by atoms with Gasteiger partial charge >= 0.3 is 6.61 Å². The zero-order chi connectivity index (χ0) is 14.9. The molecule has 3 rings (SSSR count). The van der Waals surface area contributed by atoms with Crippen molar-refractivity contribution in [3.63, 3.8) is 0 Å². The highest BCUT2D eigenvalue weighted by Crippen LogP contribution is 2.80. The summed E-state index contributed by atoms with van der Waals surface area (Å²) in [7, 11) is 0. The molecular weight excluding hydrogens is 264 g/mol. The van der Waals surface area contributed by atoms with Gasteiger partial charge in [0.1, 0.15) is 5.75 Å². The van der Waals surface area contributed by atoms with Gasteiger partial charge in [-0.2, -0.15) is 8.78 Å². The van der Waals surface area contributed by atoms with E-state index in [2.05, 4.69) is 10.1 Å². The zero-order valence-electron chi connectivity index (χ0n) is 11.9. The highest BCUT2D eigenvalue weighted by atomic mass is 19.3. The van der Waals surface area contributed by atoms with E-state index in [0.29, 0.717) is 5.69 Å². The number of carbonyl (C=O) groups is 1. The van der Waals surface area contributed by atoms with Crippen molar-refractivity contribution in [3.05, 3.63) is 23.8 Å². The number of hydrogen-bond donors (Lipinski definition) is 1. The topological polar surface area (TPSA) is 38.3 Å². The SMILES string of the molecule is CC1(C)C(C)(C)C12C(=O)Nc1ccc(OC(F)F)cc12. The van der Waals surface area contributed by atoms with Gasteiger partial charge in [-0.1, -0.05) is 27.7 Å². The van der Waals surface area contributed by atoms with Crippen LogP contribution in [0.2, 0.25) is 0 Å². The van der Waals surface area contributed by atoms with Gasteiger partial charge in [0, 0.05) is 5.69 Å². The smallest absolute Gasteiger partial charge is 0.387 e. The van der Waals surface area contributed by atoms with E-state index in [9.17, 15) is 13.6 Å². The van der Waals surface area contributed by atoms with Gasteiger partial charge in [0.05, 0.1) is 5.41 Å². The van der Waals surface area contributed by atoms with E-state index in [1.807, 2.05) is 27.7 Å². The highest BCUT2D eigenvalue weighted by Gasteiger charge is 2.83. The fourth-order valence-corrected chi connectivity index (χ4v) is 4.01. The van der Waals surface area contributed by atoms with E-state index in [1.54, 1.807) is 12.1 Å². The van der Waals surface area contributed by atoms with Crippen LogP contribution in [0.25, 0.3) is 0 Å². The van der Waals surface area contributed by atoms with Crippen LogP contribution >= 0.6 is 0 Å². The number of fused-ring (bicyclic) bond motifs is 2. The molecule has 1 heterocycles. The molecule has 0 aromatic heterocycles. The summed E-state index contributed by atoms with van der Waals surface area (Å²) in [5.41, 5.74) is 0.305. The lowest BCUT2D eigenvalue weighted by Crippen LogP contribution is -2.26. The predicted molar refractivity (Wildman–Crippen MR) is 70.9 cm³/mol. The van der Waals surface area contributed by atoms with Crippen LogP contribution in [0.4, 0.5) is 14.5 Å². The van der Waals surface area contributed by atoms with Gasteiger partial charge in [-0.3, -0.25) is 4.79 Å². The molecule has 0 unspecified atom stereocenters. The van der Waals surface area contributed by atoms with Crippen LogP contribution < -0.4 is 10.1 Å². The summed E-state index contributed by atoms with van der Waals surface area (Å²) in [6.07, 6.45) is 0. The van der Waals surface area contributed by atoms with Crippen molar-refractivity contribution >= 4 is 11.6 Å². The molecule has 0 bridgehead atoms. The maximum atomic E-state index is 12.5. The van der Waals surface area contributed by atoms with Crippen molar-refractivity contribution in [2.45, 2.75) is 39.7 Å². The third-order valence-corrected chi connectivity index (χ3v) is 5.58. The summed E-state index contributed by atoms with van der Waals surface area (Å²) in [4.78, 5) is 12.5. The fourth-order valence-electron chi connectivity index (χ4n) is 4.01. The summed E-state index contributed by atoms with van der Waals surface area (Å²) < 4.78 is 29.2. The number of anilines is 1. The maximum absolute atomic E-state index is 12.5. The first-order chi connectivity index (χ1) is 9.16. The lowest BCUT2D eigenvalue weighted by molar-refractivity contribution is -0.119. The third-order valence-electron chi connectivity index (χ3n) is 5.58. The lowest BCUT2D eigenvalue weighted by atomic mass is 9.87. The Morgan fingerprint density at radius 3 is 2.25 bits per heavy atom. The Morgan fingerprint density at radius 1 is 1.15 bits per heavy atom. The molecule has 3 nitrogen and oxygen atoms in total. The molecule has 1 N–H and O–H groups in total. The molecule has 0 radical (unpaired) electrons. The Bertz CT molecular complexity index is 594. The summed E-state index contributed by atoms with van der Waals surface area (Å²) >= 11 is 0. The lowest BCUT2D eigenvalue weighted by Gasteiger charge is -2.14. The van der Waals surface area contributed by atoms with Crippen molar-refractivity contribution in [2.24, 2.45) is 10.8 Å². The summed E-state index contributed by atoms with van der Waals surface area (Å²) in [6.45, 7) is 5.25. The molecule has 5 heteroatoms. The van der Waals surface area contributed by atoms with Crippen LogP contribution in [0.15, 0.2) is 18.2 Å². The maximum Gasteiger partial charge on any atom is 0.387 e. The Morgan fingerprint density at radius 2 is 1.75 bits per heavy atom. The predicted octanol–water partition coefficient (Wildman–Crippen LogP) is 3.54. The van der Waals surface area contributed by atoms with Gasteiger partial charge in [-0.25, -0.2) is 0 Å². The molecule has 1 amide bonds. The molecule has 1 aromatic carbocycles. The van der Waals surface area contributed by atoms with Crippen molar-refractivity contribution < 1.29 is 18.3 Å². The minimum absolute atomic E-state index is 0.0586. The number of amides is 1. The number of alkyl halides is 2. The van der Waals surface area contributed by atoms with E-state index in [-0.39, 0.29) is 22.5 Å². The molecule has 1 fully saturated rings. The molecule has 0 atom stereocenters. The van der Waals surface area contributed by atoms with Crippen molar-refractivity contribution in [2.75, 3.05) is 5.32 Å². The highest BCUT2D eigenvalue weighted by molar-refractivity contribution is 6.11. The van der Waals surface area contributed by atoms with Gasteiger partial charge in [0.2, 0.25) is 5.91 Å². The van der Waals surface area contributed by atoms with Crippen molar-refractivity contribution in [1.82, 2.24) is 0 Å².